The molecule has 1 saturated carbocycles. The molecule has 6 nitrogen and oxygen atoms in total. The van der Waals surface area contributed by atoms with E-state index >= 15 is 0 Å². The van der Waals surface area contributed by atoms with Gasteiger partial charge in [-0.05, 0) is 48.8 Å². The molecule has 1 saturated heterocycles. The Bertz CT molecular complexity index is 1020. The molecule has 2 bridgehead atoms. The normalized spacial score (nSPS) is 23.3. The first-order valence-corrected chi connectivity index (χ1v) is 12.3. The molecule has 31 heavy (non-hydrogen) atoms. The van der Waals surface area contributed by atoms with Crippen LogP contribution in [-0.4, -0.2) is 34.4 Å². The summed E-state index contributed by atoms with van der Waals surface area (Å²) >= 11 is 1.62. The van der Waals surface area contributed by atoms with Crippen molar-refractivity contribution in [3.8, 4) is 0 Å². The van der Waals surface area contributed by atoms with Crippen LogP contribution >= 0.6 is 11.3 Å². The number of aromatic nitrogens is 1. The number of amides is 2. The first kappa shape index (κ1) is 20.5. The minimum absolute atomic E-state index is 0.0151. The van der Waals surface area contributed by atoms with Gasteiger partial charge < -0.3 is 14.8 Å². The van der Waals surface area contributed by atoms with Crippen LogP contribution in [0.1, 0.15) is 55.0 Å². The number of hydrogen-bond acceptors (Lipinski definition) is 4. The lowest BCUT2D eigenvalue weighted by Crippen LogP contribution is -2.49. The zero-order valence-corrected chi connectivity index (χ0v) is 18.5. The van der Waals surface area contributed by atoms with Gasteiger partial charge >= 0.3 is 0 Å². The second kappa shape index (κ2) is 8.61. The van der Waals surface area contributed by atoms with Crippen molar-refractivity contribution in [1.82, 2.24) is 9.47 Å². The van der Waals surface area contributed by atoms with E-state index in [2.05, 4.69) is 5.32 Å². The molecular weight excluding hydrogens is 410 g/mol. The van der Waals surface area contributed by atoms with Gasteiger partial charge in [0.25, 0.3) is 5.56 Å². The largest absolute Gasteiger partial charge is 0.341 e. The number of hydrogen-bond donors (Lipinski definition) is 1. The van der Waals surface area contributed by atoms with Gasteiger partial charge in [0.2, 0.25) is 11.8 Å². The van der Waals surface area contributed by atoms with Gasteiger partial charge in [-0.3, -0.25) is 14.4 Å². The molecule has 1 aliphatic carbocycles. The molecule has 164 valence electrons. The van der Waals surface area contributed by atoms with E-state index in [-0.39, 0.29) is 35.1 Å². The molecular formula is C24H29N3O3S. The van der Waals surface area contributed by atoms with Crippen LogP contribution in [0.15, 0.2) is 34.4 Å². The summed E-state index contributed by atoms with van der Waals surface area (Å²) in [5.74, 6) is 0.635. The number of piperidine rings is 1. The number of thiophene rings is 1. The summed E-state index contributed by atoms with van der Waals surface area (Å²) in [4.78, 5) is 41.7. The zero-order valence-electron chi connectivity index (χ0n) is 17.7. The van der Waals surface area contributed by atoms with Crippen LogP contribution in [0.2, 0.25) is 0 Å². The molecule has 2 aromatic heterocycles. The highest BCUT2D eigenvalue weighted by Crippen LogP contribution is 2.36. The Morgan fingerprint density at radius 2 is 1.90 bits per heavy atom. The van der Waals surface area contributed by atoms with E-state index in [0.717, 1.165) is 42.7 Å². The Morgan fingerprint density at radius 3 is 2.68 bits per heavy atom. The van der Waals surface area contributed by atoms with Gasteiger partial charge in [0, 0.05) is 42.0 Å². The smallest absolute Gasteiger partial charge is 0.274 e. The number of fused-ring (bicyclic) bond motifs is 4. The van der Waals surface area contributed by atoms with Crippen LogP contribution in [0.4, 0.5) is 5.69 Å². The van der Waals surface area contributed by atoms with E-state index in [1.54, 1.807) is 17.4 Å². The van der Waals surface area contributed by atoms with Crippen molar-refractivity contribution in [1.29, 1.82) is 0 Å². The highest BCUT2D eigenvalue weighted by atomic mass is 32.1. The van der Waals surface area contributed by atoms with Gasteiger partial charge in [0.1, 0.15) is 5.69 Å². The van der Waals surface area contributed by atoms with Crippen molar-refractivity contribution in [3.05, 3.63) is 50.6 Å². The third-order valence-corrected chi connectivity index (χ3v) is 7.97. The number of likely N-dealkylation sites (tertiary alicyclic amines) is 1. The summed E-state index contributed by atoms with van der Waals surface area (Å²) in [5.41, 5.74) is 1.28. The molecule has 2 unspecified atom stereocenters. The molecule has 0 radical (unpaired) electrons. The molecule has 2 fully saturated rings. The van der Waals surface area contributed by atoms with Gasteiger partial charge in [-0.15, -0.1) is 11.3 Å². The Balaban J connectivity index is 1.31. The average Bonchev–Trinajstić information content (AvgIpc) is 3.29. The van der Waals surface area contributed by atoms with Crippen molar-refractivity contribution in [3.63, 3.8) is 0 Å². The molecule has 2 amide bonds. The minimum atomic E-state index is -0.102. The van der Waals surface area contributed by atoms with E-state index in [1.165, 1.54) is 6.42 Å². The summed E-state index contributed by atoms with van der Waals surface area (Å²) in [6, 6.07) is 7.73. The zero-order chi connectivity index (χ0) is 21.4. The molecule has 2 atom stereocenters. The Hall–Kier alpha value is -2.41. The predicted molar refractivity (Wildman–Crippen MR) is 121 cm³/mol. The maximum Gasteiger partial charge on any atom is 0.274 e. The maximum absolute atomic E-state index is 13.2. The molecule has 2 aromatic rings. The predicted octanol–water partition coefficient (Wildman–Crippen LogP) is 3.62. The fourth-order valence-corrected chi connectivity index (χ4v) is 6.21. The molecule has 2 aliphatic heterocycles. The number of carbonyl (C=O) groups excluding carboxylic acids is 2. The van der Waals surface area contributed by atoms with Crippen molar-refractivity contribution in [2.45, 2.75) is 57.4 Å². The summed E-state index contributed by atoms with van der Waals surface area (Å²) in [5, 5.41) is 4.91. The SMILES string of the molecule is O=C(Nc1ccc2n(c1=O)CC1CC2CN(C(=O)Cc2cccs2)C1)C1CCCCC1. The van der Waals surface area contributed by atoms with Crippen molar-refractivity contribution in [2.75, 3.05) is 18.4 Å². The lowest BCUT2D eigenvalue weighted by molar-refractivity contribution is -0.133. The standard InChI is InChI=1S/C24H29N3O3S/c28-22(12-19-7-4-10-31-19)26-13-16-11-18(15-26)21-9-8-20(24(30)27(21)14-16)25-23(29)17-5-2-1-3-6-17/h4,7-10,16-18H,1-3,5-6,11-15H2,(H,25,29). The fourth-order valence-electron chi connectivity index (χ4n) is 5.52. The van der Waals surface area contributed by atoms with Crippen molar-refractivity contribution < 1.29 is 9.59 Å². The van der Waals surface area contributed by atoms with E-state index < -0.39 is 0 Å². The lowest BCUT2D eigenvalue weighted by atomic mass is 9.83. The number of nitrogens with zero attached hydrogens (tertiary/aromatic N) is 2. The highest BCUT2D eigenvalue weighted by molar-refractivity contribution is 7.10. The van der Waals surface area contributed by atoms with Gasteiger partial charge in [-0.25, -0.2) is 0 Å². The molecule has 7 heteroatoms. The van der Waals surface area contributed by atoms with E-state index in [1.807, 2.05) is 33.0 Å². The lowest BCUT2D eigenvalue weighted by Gasteiger charge is -2.43. The molecule has 0 spiro atoms. The second-order valence-corrected chi connectivity index (χ2v) is 10.3. The Labute approximate surface area is 186 Å². The second-order valence-electron chi connectivity index (χ2n) is 9.27. The van der Waals surface area contributed by atoms with E-state index in [0.29, 0.717) is 31.7 Å². The highest BCUT2D eigenvalue weighted by Gasteiger charge is 2.36. The number of anilines is 1. The number of rotatable bonds is 4. The third kappa shape index (κ3) is 4.20. The molecule has 3 aliphatic rings. The van der Waals surface area contributed by atoms with E-state index in [4.69, 9.17) is 0 Å². The first-order valence-electron chi connectivity index (χ1n) is 11.4. The first-order chi connectivity index (χ1) is 15.1. The monoisotopic (exact) mass is 439 g/mol. The molecule has 0 aromatic carbocycles. The summed E-state index contributed by atoms with van der Waals surface area (Å²) < 4.78 is 1.84. The fraction of sp³-hybridized carbons (Fsp3) is 0.542. The van der Waals surface area contributed by atoms with Crippen molar-refractivity contribution in [2.24, 2.45) is 11.8 Å². The van der Waals surface area contributed by atoms with Gasteiger partial charge in [-0.2, -0.15) is 0 Å². The van der Waals surface area contributed by atoms with Crippen molar-refractivity contribution >= 4 is 28.8 Å². The van der Waals surface area contributed by atoms with Gasteiger partial charge in [0.05, 0.1) is 6.42 Å². The summed E-state index contributed by atoms with van der Waals surface area (Å²) in [6.45, 7) is 1.97. The summed E-state index contributed by atoms with van der Waals surface area (Å²) in [6.07, 6.45) is 6.67. The van der Waals surface area contributed by atoms with E-state index in [9.17, 15) is 14.4 Å². The maximum atomic E-state index is 13.2. The van der Waals surface area contributed by atoms with Crippen LogP contribution < -0.4 is 10.9 Å². The van der Waals surface area contributed by atoms with Crippen LogP contribution in [0.25, 0.3) is 0 Å². The van der Waals surface area contributed by atoms with Crippen LogP contribution in [-0.2, 0) is 22.6 Å². The summed E-state index contributed by atoms with van der Waals surface area (Å²) in [7, 11) is 0. The molecule has 5 rings (SSSR count). The van der Waals surface area contributed by atoms with Crippen LogP contribution in [0.3, 0.4) is 0 Å². The van der Waals surface area contributed by atoms with Crippen LogP contribution in [0.5, 0.6) is 0 Å². The minimum Gasteiger partial charge on any atom is -0.341 e. The quantitative estimate of drug-likeness (QED) is 0.791. The molecule has 1 N–H and O–H groups in total. The molecule has 4 heterocycles. The number of carbonyl (C=O) groups is 2. The average molecular weight is 440 g/mol. The number of nitrogens with one attached hydrogen (secondary N) is 1. The Kier molecular flexibility index (Phi) is 5.69. The van der Waals surface area contributed by atoms with Gasteiger partial charge in [0.15, 0.2) is 0 Å². The van der Waals surface area contributed by atoms with Crippen LogP contribution in [0, 0.1) is 11.8 Å². The number of pyridine rings is 1. The third-order valence-electron chi connectivity index (χ3n) is 7.10. The Morgan fingerprint density at radius 1 is 1.06 bits per heavy atom. The topological polar surface area (TPSA) is 71.4 Å². The van der Waals surface area contributed by atoms with Gasteiger partial charge in [-0.1, -0.05) is 25.3 Å².